The standard InChI is InChI=1S/C14H14O6.C4H6O2/c15-13(19-7-9-5-17-9)11-3-1-2-4-12(11)14(16)20-8-10-6-18-10;1-3(2)4(5)6/h1-4,9-10H,5-8H2;1H2,2H3,(H,5,6)/p-1. The van der Waals surface area contributed by atoms with Crippen molar-refractivity contribution >= 4 is 17.9 Å². The number of epoxide rings is 2. The maximum absolute atomic E-state index is 11.9. The number of carbonyl (C=O) groups excluding carboxylic acids is 3. The number of carboxylic acid groups (broad SMARTS) is 1. The average molecular weight is 363 g/mol. The van der Waals surface area contributed by atoms with Crippen LogP contribution in [0.2, 0.25) is 0 Å². The molecule has 8 nitrogen and oxygen atoms in total. The lowest BCUT2D eigenvalue weighted by Crippen LogP contribution is -2.22. The molecule has 2 atom stereocenters. The average Bonchev–Trinajstić information content (AvgIpc) is 3.52. The number of rotatable bonds is 7. The molecule has 2 fully saturated rings. The molecule has 2 aliphatic rings. The van der Waals surface area contributed by atoms with Gasteiger partial charge in [-0.25, -0.2) is 9.59 Å². The molecule has 2 saturated heterocycles. The summed E-state index contributed by atoms with van der Waals surface area (Å²) in [5.74, 6) is -2.28. The molecule has 140 valence electrons. The Hall–Kier alpha value is -2.71. The Labute approximate surface area is 150 Å². The van der Waals surface area contributed by atoms with Gasteiger partial charge in [-0.2, -0.15) is 0 Å². The van der Waals surface area contributed by atoms with Gasteiger partial charge in [0.1, 0.15) is 25.4 Å². The first-order chi connectivity index (χ1) is 12.4. The third kappa shape index (κ3) is 6.66. The lowest BCUT2D eigenvalue weighted by atomic mass is 10.1. The summed E-state index contributed by atoms with van der Waals surface area (Å²) in [6, 6.07) is 6.43. The Bertz CT molecular complexity index is 629. The highest BCUT2D eigenvalue weighted by Gasteiger charge is 2.27. The molecule has 1 aromatic rings. The molecule has 0 aliphatic carbocycles. The van der Waals surface area contributed by atoms with Crippen LogP contribution in [-0.4, -0.2) is 56.5 Å². The quantitative estimate of drug-likeness (QED) is 0.380. The number of carbonyl (C=O) groups is 3. The number of aliphatic carboxylic acids is 1. The Morgan fingerprint density at radius 3 is 1.65 bits per heavy atom. The van der Waals surface area contributed by atoms with Crippen LogP contribution in [0.4, 0.5) is 0 Å². The van der Waals surface area contributed by atoms with E-state index in [0.29, 0.717) is 13.2 Å². The van der Waals surface area contributed by atoms with Crippen LogP contribution >= 0.6 is 0 Å². The fourth-order valence-corrected chi connectivity index (χ4v) is 1.66. The summed E-state index contributed by atoms with van der Waals surface area (Å²) in [4.78, 5) is 33.4. The maximum Gasteiger partial charge on any atom is 0.339 e. The van der Waals surface area contributed by atoms with E-state index in [1.807, 2.05) is 0 Å². The van der Waals surface area contributed by atoms with Gasteiger partial charge in [0, 0.05) is 0 Å². The van der Waals surface area contributed by atoms with Crippen molar-refractivity contribution in [1.82, 2.24) is 0 Å². The lowest BCUT2D eigenvalue weighted by molar-refractivity contribution is -0.299. The van der Waals surface area contributed by atoms with E-state index in [1.54, 1.807) is 24.3 Å². The van der Waals surface area contributed by atoms with Gasteiger partial charge >= 0.3 is 11.9 Å². The fourth-order valence-electron chi connectivity index (χ4n) is 1.66. The van der Waals surface area contributed by atoms with Gasteiger partial charge in [-0.05, 0) is 24.6 Å². The van der Waals surface area contributed by atoms with Crippen molar-refractivity contribution in [3.05, 3.63) is 47.5 Å². The van der Waals surface area contributed by atoms with Crippen molar-refractivity contribution in [2.75, 3.05) is 26.4 Å². The minimum absolute atomic E-state index is 0.00919. The second-order valence-electron chi connectivity index (χ2n) is 5.72. The summed E-state index contributed by atoms with van der Waals surface area (Å²) in [6.07, 6.45) is -0.0184. The maximum atomic E-state index is 11.9. The van der Waals surface area contributed by atoms with Gasteiger partial charge in [-0.1, -0.05) is 18.7 Å². The zero-order valence-electron chi connectivity index (χ0n) is 14.3. The van der Waals surface area contributed by atoms with E-state index in [-0.39, 0.29) is 42.1 Å². The van der Waals surface area contributed by atoms with Crippen LogP contribution in [0.25, 0.3) is 0 Å². The van der Waals surface area contributed by atoms with Crippen LogP contribution in [0.15, 0.2) is 36.4 Å². The molecule has 8 heteroatoms. The van der Waals surface area contributed by atoms with Gasteiger partial charge in [0.15, 0.2) is 0 Å². The summed E-state index contributed by atoms with van der Waals surface area (Å²) in [7, 11) is 0. The van der Waals surface area contributed by atoms with E-state index in [0.717, 1.165) is 0 Å². The molecule has 0 spiro atoms. The van der Waals surface area contributed by atoms with Gasteiger partial charge in [0.2, 0.25) is 0 Å². The summed E-state index contributed by atoms with van der Waals surface area (Å²) < 4.78 is 20.1. The monoisotopic (exact) mass is 363 g/mol. The van der Waals surface area contributed by atoms with E-state index in [2.05, 4.69) is 6.58 Å². The zero-order valence-corrected chi connectivity index (χ0v) is 14.3. The van der Waals surface area contributed by atoms with E-state index in [4.69, 9.17) is 18.9 Å². The minimum Gasteiger partial charge on any atom is -0.545 e. The first-order valence-electron chi connectivity index (χ1n) is 7.91. The van der Waals surface area contributed by atoms with E-state index >= 15 is 0 Å². The number of carboxylic acids is 1. The van der Waals surface area contributed by atoms with Crippen molar-refractivity contribution in [3.8, 4) is 0 Å². The van der Waals surface area contributed by atoms with Crippen molar-refractivity contribution in [3.63, 3.8) is 0 Å². The molecule has 0 amide bonds. The highest BCUT2D eigenvalue weighted by molar-refractivity contribution is 6.03. The molecule has 2 unspecified atom stereocenters. The molecule has 1 aromatic carbocycles. The molecule has 2 aliphatic heterocycles. The lowest BCUT2D eigenvalue weighted by Gasteiger charge is -2.08. The van der Waals surface area contributed by atoms with Crippen LogP contribution in [0.3, 0.4) is 0 Å². The van der Waals surface area contributed by atoms with Gasteiger partial charge in [0.05, 0.1) is 30.3 Å². The zero-order chi connectivity index (χ0) is 19.1. The molecule has 0 aromatic heterocycles. The highest BCUT2D eigenvalue weighted by Crippen LogP contribution is 2.16. The molecule has 0 saturated carbocycles. The van der Waals surface area contributed by atoms with Crippen LogP contribution in [0.1, 0.15) is 27.6 Å². The summed E-state index contributed by atoms with van der Waals surface area (Å²) >= 11 is 0. The van der Waals surface area contributed by atoms with Gasteiger partial charge in [0.25, 0.3) is 0 Å². The summed E-state index contributed by atoms with van der Waals surface area (Å²) in [5.41, 5.74) is 0.472. The van der Waals surface area contributed by atoms with Gasteiger partial charge in [-0.15, -0.1) is 0 Å². The van der Waals surface area contributed by atoms with Crippen molar-refractivity contribution < 1.29 is 38.4 Å². The normalized spacial score (nSPS) is 19.4. The first-order valence-corrected chi connectivity index (χ1v) is 7.91. The third-order valence-corrected chi connectivity index (χ3v) is 3.32. The number of hydrogen-bond acceptors (Lipinski definition) is 8. The molecule has 0 radical (unpaired) electrons. The topological polar surface area (TPSA) is 118 Å². The molecule has 26 heavy (non-hydrogen) atoms. The smallest absolute Gasteiger partial charge is 0.339 e. The van der Waals surface area contributed by atoms with Crippen molar-refractivity contribution in [2.24, 2.45) is 0 Å². The first kappa shape index (κ1) is 19.6. The van der Waals surface area contributed by atoms with Crippen molar-refractivity contribution in [1.29, 1.82) is 0 Å². The Kier molecular flexibility index (Phi) is 6.88. The Balaban J connectivity index is 0.000000352. The molecular formula is C18H19O8-. The second-order valence-corrected chi connectivity index (χ2v) is 5.72. The van der Waals surface area contributed by atoms with E-state index in [1.165, 1.54) is 6.92 Å². The van der Waals surface area contributed by atoms with Crippen LogP contribution in [0, 0.1) is 0 Å². The minimum atomic E-state index is -1.19. The summed E-state index contributed by atoms with van der Waals surface area (Å²) in [5, 5.41) is 9.49. The van der Waals surface area contributed by atoms with Gasteiger partial charge < -0.3 is 28.8 Å². The van der Waals surface area contributed by atoms with E-state index < -0.39 is 17.9 Å². The molecular weight excluding hydrogens is 344 g/mol. The number of benzene rings is 1. The molecule has 0 bridgehead atoms. The number of ether oxygens (including phenoxy) is 4. The molecule has 2 heterocycles. The van der Waals surface area contributed by atoms with Crippen LogP contribution in [-0.2, 0) is 23.7 Å². The predicted octanol–water partition coefficient (Wildman–Crippen LogP) is 0.110. The predicted molar refractivity (Wildman–Crippen MR) is 86.3 cm³/mol. The van der Waals surface area contributed by atoms with Crippen LogP contribution in [0.5, 0.6) is 0 Å². The van der Waals surface area contributed by atoms with Crippen molar-refractivity contribution in [2.45, 2.75) is 19.1 Å². The van der Waals surface area contributed by atoms with Gasteiger partial charge in [-0.3, -0.25) is 0 Å². The second kappa shape index (κ2) is 9.12. The molecule has 0 N–H and O–H groups in total. The Morgan fingerprint density at radius 1 is 1.04 bits per heavy atom. The highest BCUT2D eigenvalue weighted by atomic mass is 16.6. The number of hydrogen-bond donors (Lipinski definition) is 0. The number of esters is 2. The molecule has 3 rings (SSSR count). The van der Waals surface area contributed by atoms with Crippen LogP contribution < -0.4 is 5.11 Å². The largest absolute Gasteiger partial charge is 0.545 e. The Morgan fingerprint density at radius 2 is 1.38 bits per heavy atom. The summed E-state index contributed by atoms with van der Waals surface area (Å²) in [6.45, 7) is 6.11. The SMILES string of the molecule is C=C(C)C(=O)[O-].O=C(OCC1CO1)c1ccccc1C(=O)OCC1CO1. The third-order valence-electron chi connectivity index (χ3n) is 3.32. The van der Waals surface area contributed by atoms with E-state index in [9.17, 15) is 19.5 Å². The fraction of sp³-hybridized carbons (Fsp3) is 0.389.